The normalized spacial score (nSPS) is 34.3. The van der Waals surface area contributed by atoms with Gasteiger partial charge in [0.25, 0.3) is 0 Å². The largest absolute Gasteiger partial charge is 0.381 e. The first kappa shape index (κ1) is 16.1. The van der Waals surface area contributed by atoms with E-state index in [-0.39, 0.29) is 11.6 Å². The fourth-order valence-corrected chi connectivity index (χ4v) is 4.54. The molecule has 3 aliphatic rings. The lowest BCUT2D eigenvalue weighted by atomic mass is 9.80. The molecule has 0 aromatic heterocycles. The standard InChI is InChI=1S/C17H30N2O3/c1-13-11-19(15-6-4-3-5-14(13)15)16(20)18-12-17(21-2)7-9-22-10-8-17/h13-15H,3-12H2,1-2H3,(H,18,20). The summed E-state index contributed by atoms with van der Waals surface area (Å²) >= 11 is 0. The van der Waals surface area contributed by atoms with Crippen LogP contribution in [-0.4, -0.2) is 56.0 Å². The van der Waals surface area contributed by atoms with Gasteiger partial charge < -0.3 is 19.7 Å². The van der Waals surface area contributed by atoms with Crippen molar-refractivity contribution in [1.29, 1.82) is 0 Å². The summed E-state index contributed by atoms with van der Waals surface area (Å²) < 4.78 is 11.1. The van der Waals surface area contributed by atoms with Gasteiger partial charge in [0.2, 0.25) is 0 Å². The van der Waals surface area contributed by atoms with Crippen molar-refractivity contribution >= 4 is 6.03 Å². The Hall–Kier alpha value is -0.810. The molecule has 2 amide bonds. The summed E-state index contributed by atoms with van der Waals surface area (Å²) in [4.78, 5) is 14.8. The molecule has 5 heteroatoms. The highest BCUT2D eigenvalue weighted by atomic mass is 16.5. The number of carbonyl (C=O) groups is 1. The molecule has 3 atom stereocenters. The lowest BCUT2D eigenvalue weighted by Crippen LogP contribution is -2.52. The minimum atomic E-state index is -0.245. The minimum absolute atomic E-state index is 0.101. The molecular weight excluding hydrogens is 280 g/mol. The Labute approximate surface area is 133 Å². The van der Waals surface area contributed by atoms with Crippen LogP contribution in [0.1, 0.15) is 45.4 Å². The van der Waals surface area contributed by atoms with E-state index >= 15 is 0 Å². The van der Waals surface area contributed by atoms with Crippen molar-refractivity contribution in [3.63, 3.8) is 0 Å². The van der Waals surface area contributed by atoms with E-state index in [0.717, 1.165) is 32.6 Å². The van der Waals surface area contributed by atoms with E-state index in [1.54, 1.807) is 7.11 Å². The molecule has 3 rings (SSSR count). The highest BCUT2D eigenvalue weighted by Crippen LogP contribution is 2.39. The van der Waals surface area contributed by atoms with Crippen molar-refractivity contribution in [2.24, 2.45) is 11.8 Å². The van der Waals surface area contributed by atoms with Crippen LogP contribution < -0.4 is 5.32 Å². The van der Waals surface area contributed by atoms with Crippen molar-refractivity contribution in [3.8, 4) is 0 Å². The van der Waals surface area contributed by atoms with Gasteiger partial charge in [-0.2, -0.15) is 0 Å². The Balaban J connectivity index is 1.57. The van der Waals surface area contributed by atoms with Gasteiger partial charge in [0.05, 0.1) is 5.60 Å². The summed E-state index contributed by atoms with van der Waals surface area (Å²) in [5.41, 5.74) is -0.245. The zero-order chi connectivity index (χ0) is 15.6. The Morgan fingerprint density at radius 2 is 2.05 bits per heavy atom. The molecule has 22 heavy (non-hydrogen) atoms. The van der Waals surface area contributed by atoms with Crippen molar-refractivity contribution in [2.75, 3.05) is 33.4 Å². The molecule has 0 spiro atoms. The highest BCUT2D eigenvalue weighted by molar-refractivity contribution is 5.75. The first-order valence-electron chi connectivity index (χ1n) is 8.82. The maximum Gasteiger partial charge on any atom is 0.317 e. The van der Waals surface area contributed by atoms with Gasteiger partial charge in [-0.25, -0.2) is 4.79 Å². The Kier molecular flexibility index (Phi) is 4.93. The number of likely N-dealkylation sites (tertiary alicyclic amines) is 1. The van der Waals surface area contributed by atoms with Gasteiger partial charge >= 0.3 is 6.03 Å². The van der Waals surface area contributed by atoms with E-state index in [1.807, 2.05) is 0 Å². The van der Waals surface area contributed by atoms with Crippen molar-refractivity contribution in [3.05, 3.63) is 0 Å². The quantitative estimate of drug-likeness (QED) is 0.871. The second-order valence-corrected chi connectivity index (χ2v) is 7.30. The van der Waals surface area contributed by atoms with Crippen LogP contribution in [0.5, 0.6) is 0 Å². The first-order chi connectivity index (χ1) is 10.7. The third kappa shape index (κ3) is 3.11. The second kappa shape index (κ2) is 6.75. The molecule has 0 bridgehead atoms. The van der Waals surface area contributed by atoms with E-state index in [1.165, 1.54) is 25.7 Å². The number of methoxy groups -OCH3 is 1. The molecule has 0 aromatic carbocycles. The Bertz CT molecular complexity index is 395. The van der Waals surface area contributed by atoms with E-state index < -0.39 is 0 Å². The van der Waals surface area contributed by atoms with Crippen LogP contribution in [-0.2, 0) is 9.47 Å². The van der Waals surface area contributed by atoms with Crippen LogP contribution in [0.15, 0.2) is 0 Å². The van der Waals surface area contributed by atoms with E-state index in [9.17, 15) is 4.79 Å². The molecule has 3 unspecified atom stereocenters. The number of hydrogen-bond donors (Lipinski definition) is 1. The van der Waals surface area contributed by atoms with Gasteiger partial charge in [0.15, 0.2) is 0 Å². The number of ether oxygens (including phenoxy) is 2. The topological polar surface area (TPSA) is 50.8 Å². The molecular formula is C17H30N2O3. The van der Waals surface area contributed by atoms with Gasteiger partial charge in [-0.1, -0.05) is 19.8 Å². The molecule has 1 N–H and O–H groups in total. The molecule has 2 saturated heterocycles. The zero-order valence-electron chi connectivity index (χ0n) is 14.0. The van der Waals surface area contributed by atoms with Crippen molar-refractivity contribution in [1.82, 2.24) is 10.2 Å². The number of amides is 2. The summed E-state index contributed by atoms with van der Waals surface area (Å²) in [5.74, 6) is 1.34. The molecule has 1 saturated carbocycles. The Morgan fingerprint density at radius 3 is 2.77 bits per heavy atom. The number of fused-ring (bicyclic) bond motifs is 1. The molecule has 0 radical (unpaired) electrons. The van der Waals surface area contributed by atoms with E-state index in [2.05, 4.69) is 17.1 Å². The predicted octanol–water partition coefficient (Wildman–Crippen LogP) is 2.40. The molecule has 0 aromatic rings. The molecule has 2 aliphatic heterocycles. The molecule has 3 fully saturated rings. The molecule has 5 nitrogen and oxygen atoms in total. The fraction of sp³-hybridized carbons (Fsp3) is 0.941. The van der Waals surface area contributed by atoms with E-state index in [0.29, 0.717) is 24.4 Å². The maximum absolute atomic E-state index is 12.7. The number of urea groups is 1. The number of carbonyl (C=O) groups excluding carboxylic acids is 1. The fourth-order valence-electron chi connectivity index (χ4n) is 4.54. The molecule has 126 valence electrons. The Morgan fingerprint density at radius 1 is 1.32 bits per heavy atom. The first-order valence-corrected chi connectivity index (χ1v) is 8.82. The van der Waals surface area contributed by atoms with Crippen LogP contribution in [0.4, 0.5) is 4.79 Å². The number of rotatable bonds is 3. The average Bonchev–Trinajstić information content (AvgIpc) is 2.91. The smallest absolute Gasteiger partial charge is 0.317 e. The summed E-state index contributed by atoms with van der Waals surface area (Å²) in [5, 5.41) is 3.15. The van der Waals surface area contributed by atoms with Crippen molar-refractivity contribution < 1.29 is 14.3 Å². The van der Waals surface area contributed by atoms with Gasteiger partial charge in [0.1, 0.15) is 0 Å². The molecule has 2 heterocycles. The predicted molar refractivity (Wildman–Crippen MR) is 84.8 cm³/mol. The third-order valence-electron chi connectivity index (χ3n) is 6.06. The van der Waals surface area contributed by atoms with Crippen LogP contribution >= 0.6 is 0 Å². The highest BCUT2D eigenvalue weighted by Gasteiger charge is 2.43. The van der Waals surface area contributed by atoms with Gasteiger partial charge in [-0.3, -0.25) is 0 Å². The number of nitrogens with one attached hydrogen (secondary N) is 1. The van der Waals surface area contributed by atoms with Crippen molar-refractivity contribution in [2.45, 2.75) is 57.1 Å². The summed E-state index contributed by atoms with van der Waals surface area (Å²) in [6, 6.07) is 0.557. The monoisotopic (exact) mass is 310 g/mol. The zero-order valence-corrected chi connectivity index (χ0v) is 14.0. The number of nitrogens with zero attached hydrogens (tertiary/aromatic N) is 1. The van der Waals surface area contributed by atoms with Gasteiger partial charge in [-0.15, -0.1) is 0 Å². The summed E-state index contributed by atoms with van der Waals surface area (Å²) in [6.07, 6.45) is 6.75. The minimum Gasteiger partial charge on any atom is -0.381 e. The molecule has 1 aliphatic carbocycles. The number of hydrogen-bond acceptors (Lipinski definition) is 3. The van der Waals surface area contributed by atoms with Crippen LogP contribution in [0.2, 0.25) is 0 Å². The van der Waals surface area contributed by atoms with E-state index in [4.69, 9.17) is 9.47 Å². The third-order valence-corrected chi connectivity index (χ3v) is 6.06. The maximum atomic E-state index is 12.7. The lowest BCUT2D eigenvalue weighted by Gasteiger charge is -2.37. The lowest BCUT2D eigenvalue weighted by molar-refractivity contribution is -0.0865. The van der Waals surface area contributed by atoms with Crippen LogP contribution in [0.25, 0.3) is 0 Å². The van der Waals surface area contributed by atoms with Crippen LogP contribution in [0.3, 0.4) is 0 Å². The summed E-state index contributed by atoms with van der Waals surface area (Å²) in [7, 11) is 1.74. The van der Waals surface area contributed by atoms with Gasteiger partial charge in [-0.05, 0) is 24.7 Å². The SMILES string of the molecule is COC1(CNC(=O)N2CC(C)C3CCCCC32)CCOCC1. The van der Waals surface area contributed by atoms with Gasteiger partial charge in [0, 0.05) is 52.3 Å². The summed E-state index contributed by atoms with van der Waals surface area (Å²) in [6.45, 7) is 5.23. The van der Waals surface area contributed by atoms with Crippen LogP contribution in [0, 0.1) is 11.8 Å². The second-order valence-electron chi connectivity index (χ2n) is 7.30. The average molecular weight is 310 g/mol.